The lowest BCUT2D eigenvalue weighted by Crippen LogP contribution is -2.39. The highest BCUT2D eigenvalue weighted by Gasteiger charge is 2.27. The van der Waals surface area contributed by atoms with Crippen LogP contribution in [0.15, 0.2) is 11.6 Å². The number of amides is 1. The van der Waals surface area contributed by atoms with E-state index < -0.39 is 0 Å². The van der Waals surface area contributed by atoms with Crippen LogP contribution in [0, 0.1) is 5.92 Å². The van der Waals surface area contributed by atoms with E-state index in [9.17, 15) is 4.79 Å². The summed E-state index contributed by atoms with van der Waals surface area (Å²) in [5, 5.41) is 19.3. The summed E-state index contributed by atoms with van der Waals surface area (Å²) in [4.78, 5) is 16.4. The van der Waals surface area contributed by atoms with E-state index in [0.717, 1.165) is 56.6 Å². The van der Waals surface area contributed by atoms with Crippen molar-refractivity contribution in [1.29, 1.82) is 0 Å². The largest absolute Gasteiger partial charge is 0.396 e. The van der Waals surface area contributed by atoms with Crippen LogP contribution in [0.4, 0.5) is 0 Å². The Bertz CT molecular complexity index is 761. The molecule has 0 spiro atoms. The van der Waals surface area contributed by atoms with Gasteiger partial charge in [-0.05, 0) is 50.0 Å². The molecule has 0 bridgehead atoms. The fraction of sp³-hybridized carbons (Fsp3) is 0.632. The van der Waals surface area contributed by atoms with E-state index in [1.54, 1.807) is 11.3 Å². The van der Waals surface area contributed by atoms with Crippen molar-refractivity contribution in [1.82, 2.24) is 19.9 Å². The molecule has 140 valence electrons. The summed E-state index contributed by atoms with van der Waals surface area (Å²) >= 11 is 1.77. The number of piperidine rings is 1. The van der Waals surface area contributed by atoms with Crippen molar-refractivity contribution in [2.24, 2.45) is 5.92 Å². The highest BCUT2D eigenvalue weighted by molar-refractivity contribution is 7.10. The summed E-state index contributed by atoms with van der Waals surface area (Å²) < 4.78 is 1.88. The number of aliphatic hydroxyl groups excluding tert-OH is 1. The second-order valence-electron chi connectivity index (χ2n) is 7.40. The third-order valence-corrected chi connectivity index (χ3v) is 6.68. The fourth-order valence-corrected chi connectivity index (χ4v) is 5.20. The molecule has 1 fully saturated rings. The molecule has 0 saturated carbocycles. The minimum absolute atomic E-state index is 0.103. The van der Waals surface area contributed by atoms with Gasteiger partial charge in [0.1, 0.15) is 0 Å². The molecule has 3 heterocycles. The monoisotopic (exact) mass is 374 g/mol. The summed E-state index contributed by atoms with van der Waals surface area (Å²) in [6, 6.07) is 0. The molecule has 0 atom stereocenters. The normalized spacial score (nSPS) is 18.1. The van der Waals surface area contributed by atoms with Gasteiger partial charge >= 0.3 is 0 Å². The van der Waals surface area contributed by atoms with Crippen molar-refractivity contribution in [3.63, 3.8) is 0 Å². The molecule has 1 aliphatic carbocycles. The van der Waals surface area contributed by atoms with Crippen LogP contribution in [0.1, 0.15) is 52.2 Å². The minimum Gasteiger partial charge on any atom is -0.396 e. The average molecular weight is 375 g/mol. The Morgan fingerprint density at radius 1 is 1.27 bits per heavy atom. The number of fused-ring (bicyclic) bond motifs is 1. The molecular formula is C19H26N4O2S. The van der Waals surface area contributed by atoms with Gasteiger partial charge in [-0.25, -0.2) is 0 Å². The number of hydrogen-bond acceptors (Lipinski definition) is 5. The first-order chi connectivity index (χ1) is 12.7. The molecule has 0 unspecified atom stereocenters. The molecule has 2 aromatic rings. The standard InChI is InChI=1S/C19H26N4O2S/c24-10-7-15-12-23(21-20-15)11-14-5-8-22(9-6-14)19(25)17-13-26-18-4-2-1-3-16(17)18/h12-14,24H,1-11H2. The Labute approximate surface area is 157 Å². The lowest BCUT2D eigenvalue weighted by Gasteiger charge is -2.32. The number of nitrogens with zero attached hydrogens (tertiary/aromatic N) is 4. The average Bonchev–Trinajstić information content (AvgIpc) is 3.29. The van der Waals surface area contributed by atoms with Crippen molar-refractivity contribution < 1.29 is 9.90 Å². The Kier molecular flexibility index (Phi) is 5.36. The van der Waals surface area contributed by atoms with E-state index in [2.05, 4.69) is 15.7 Å². The van der Waals surface area contributed by atoms with E-state index in [0.29, 0.717) is 12.3 Å². The van der Waals surface area contributed by atoms with Gasteiger partial charge in [0.2, 0.25) is 0 Å². The zero-order valence-corrected chi connectivity index (χ0v) is 15.9. The highest BCUT2D eigenvalue weighted by atomic mass is 32.1. The molecule has 1 N–H and O–H groups in total. The number of carbonyl (C=O) groups excluding carboxylic acids is 1. The molecule has 0 aromatic carbocycles. The zero-order chi connectivity index (χ0) is 17.9. The number of aryl methyl sites for hydroxylation is 1. The number of thiophene rings is 1. The molecule has 0 radical (unpaired) electrons. The maximum Gasteiger partial charge on any atom is 0.254 e. The molecule has 26 heavy (non-hydrogen) atoms. The molecule has 2 aliphatic rings. The second kappa shape index (κ2) is 7.88. The van der Waals surface area contributed by atoms with Crippen LogP contribution in [0.3, 0.4) is 0 Å². The summed E-state index contributed by atoms with van der Waals surface area (Å²) in [6.07, 6.45) is 9.17. The van der Waals surface area contributed by atoms with E-state index in [-0.39, 0.29) is 12.5 Å². The Hall–Kier alpha value is -1.73. The minimum atomic E-state index is 0.103. The predicted octanol–water partition coefficient (Wildman–Crippen LogP) is 2.31. The molecule has 1 aliphatic heterocycles. The summed E-state index contributed by atoms with van der Waals surface area (Å²) in [5.41, 5.74) is 3.13. The number of carbonyl (C=O) groups is 1. The molecule has 7 heteroatoms. The first-order valence-corrected chi connectivity index (χ1v) is 10.5. The van der Waals surface area contributed by atoms with Gasteiger partial charge in [0, 0.05) is 49.1 Å². The Balaban J connectivity index is 1.33. The quantitative estimate of drug-likeness (QED) is 0.872. The van der Waals surface area contributed by atoms with Crippen LogP contribution < -0.4 is 0 Å². The van der Waals surface area contributed by atoms with Crippen molar-refractivity contribution >= 4 is 17.2 Å². The lowest BCUT2D eigenvalue weighted by molar-refractivity contribution is 0.0680. The van der Waals surface area contributed by atoms with Crippen molar-refractivity contribution in [3.05, 3.63) is 33.3 Å². The van der Waals surface area contributed by atoms with Crippen LogP contribution >= 0.6 is 11.3 Å². The van der Waals surface area contributed by atoms with Crippen LogP contribution in [0.5, 0.6) is 0 Å². The van der Waals surface area contributed by atoms with Gasteiger partial charge < -0.3 is 10.0 Å². The Morgan fingerprint density at radius 3 is 2.88 bits per heavy atom. The van der Waals surface area contributed by atoms with E-state index >= 15 is 0 Å². The first-order valence-electron chi connectivity index (χ1n) is 9.63. The zero-order valence-electron chi connectivity index (χ0n) is 15.1. The van der Waals surface area contributed by atoms with Gasteiger partial charge in [0.25, 0.3) is 5.91 Å². The molecular weight excluding hydrogens is 348 g/mol. The Morgan fingerprint density at radius 2 is 2.08 bits per heavy atom. The van der Waals surface area contributed by atoms with Crippen molar-refractivity contribution in [2.75, 3.05) is 19.7 Å². The molecule has 1 amide bonds. The van der Waals surface area contributed by atoms with Gasteiger partial charge in [-0.1, -0.05) is 5.21 Å². The molecule has 4 rings (SSSR count). The number of likely N-dealkylation sites (tertiary alicyclic amines) is 1. The van der Waals surface area contributed by atoms with Gasteiger partial charge in [0.15, 0.2) is 0 Å². The summed E-state index contributed by atoms with van der Waals surface area (Å²) in [7, 11) is 0. The third-order valence-electron chi connectivity index (χ3n) is 5.59. The van der Waals surface area contributed by atoms with E-state index in [1.165, 1.54) is 23.3 Å². The maximum atomic E-state index is 13.0. The fourth-order valence-electron chi connectivity index (χ4n) is 4.08. The molecule has 1 saturated heterocycles. The van der Waals surface area contributed by atoms with E-state index in [4.69, 9.17) is 5.11 Å². The van der Waals surface area contributed by atoms with Crippen LogP contribution in [0.2, 0.25) is 0 Å². The molecule has 2 aromatic heterocycles. The van der Waals surface area contributed by atoms with E-state index in [1.807, 2.05) is 15.8 Å². The summed E-state index contributed by atoms with van der Waals surface area (Å²) in [6.45, 7) is 2.60. The maximum absolute atomic E-state index is 13.0. The van der Waals surface area contributed by atoms with Crippen molar-refractivity contribution in [2.45, 2.75) is 51.5 Å². The second-order valence-corrected chi connectivity index (χ2v) is 8.36. The predicted molar refractivity (Wildman–Crippen MR) is 100 cm³/mol. The lowest BCUT2D eigenvalue weighted by atomic mass is 9.93. The van der Waals surface area contributed by atoms with Gasteiger partial charge in [-0.15, -0.1) is 16.4 Å². The topological polar surface area (TPSA) is 71.2 Å². The highest BCUT2D eigenvalue weighted by Crippen LogP contribution is 2.31. The smallest absolute Gasteiger partial charge is 0.254 e. The van der Waals surface area contributed by atoms with Crippen molar-refractivity contribution in [3.8, 4) is 0 Å². The number of hydrogen-bond donors (Lipinski definition) is 1. The van der Waals surface area contributed by atoms with Crippen LogP contribution in [0.25, 0.3) is 0 Å². The van der Waals surface area contributed by atoms with Gasteiger partial charge in [-0.3, -0.25) is 9.48 Å². The molecule has 6 nitrogen and oxygen atoms in total. The number of aliphatic hydroxyl groups is 1. The first kappa shape index (κ1) is 17.7. The van der Waals surface area contributed by atoms with Crippen LogP contribution in [-0.2, 0) is 25.8 Å². The number of aromatic nitrogens is 3. The van der Waals surface area contributed by atoms with Crippen LogP contribution in [-0.4, -0.2) is 50.6 Å². The SMILES string of the molecule is O=C(c1csc2c1CCCC2)N1CCC(Cn2cc(CCO)nn2)CC1. The third kappa shape index (κ3) is 3.69. The van der Waals surface area contributed by atoms with Gasteiger partial charge in [0.05, 0.1) is 11.3 Å². The summed E-state index contributed by atoms with van der Waals surface area (Å²) in [5.74, 6) is 0.757. The number of rotatable bonds is 5. The van der Waals surface area contributed by atoms with Gasteiger partial charge in [-0.2, -0.15) is 0 Å².